The molecule has 0 N–H and O–H groups in total. The first kappa shape index (κ1) is 9.72. The highest BCUT2D eigenvalue weighted by atomic mass is 16.5. The highest BCUT2D eigenvalue weighted by Gasteiger charge is 2.36. The molecule has 1 atom stereocenters. The van der Waals surface area contributed by atoms with Crippen molar-refractivity contribution in [1.82, 2.24) is 0 Å². The molecule has 1 heterocycles. The van der Waals surface area contributed by atoms with Crippen LogP contribution in [0.5, 0.6) is 0 Å². The molecule has 0 fully saturated rings. The van der Waals surface area contributed by atoms with Gasteiger partial charge in [-0.3, -0.25) is 0 Å². The maximum absolute atomic E-state index is 6.02. The zero-order chi connectivity index (χ0) is 10.3. The van der Waals surface area contributed by atoms with Crippen LogP contribution in [0.15, 0.2) is 18.2 Å². The van der Waals surface area contributed by atoms with Gasteiger partial charge in [0, 0.05) is 0 Å². The lowest BCUT2D eigenvalue weighted by Gasteiger charge is -2.19. The molecule has 1 aromatic carbocycles. The van der Waals surface area contributed by atoms with Crippen molar-refractivity contribution in [3.05, 3.63) is 34.9 Å². The van der Waals surface area contributed by atoms with Crippen LogP contribution in [0.4, 0.5) is 0 Å². The maximum Gasteiger partial charge on any atom is 0.0887 e. The largest absolute Gasteiger partial charge is 0.363 e. The third kappa shape index (κ3) is 1.36. The summed E-state index contributed by atoms with van der Waals surface area (Å²) in [6, 6.07) is 6.64. The Morgan fingerprint density at radius 3 is 2.71 bits per heavy atom. The minimum atomic E-state index is -0.107. The molecular formula is C13H18O. The van der Waals surface area contributed by atoms with Gasteiger partial charge in [-0.2, -0.15) is 0 Å². The van der Waals surface area contributed by atoms with E-state index in [9.17, 15) is 0 Å². The van der Waals surface area contributed by atoms with Gasteiger partial charge in [-0.15, -0.1) is 0 Å². The number of hydrogen-bond acceptors (Lipinski definition) is 1. The molecular weight excluding hydrogens is 172 g/mol. The van der Waals surface area contributed by atoms with Gasteiger partial charge in [0.2, 0.25) is 0 Å². The Bertz CT molecular complexity index is 352. The van der Waals surface area contributed by atoms with Gasteiger partial charge < -0.3 is 4.74 Å². The molecule has 0 spiro atoms. The molecule has 1 nitrogen and oxygen atoms in total. The van der Waals surface area contributed by atoms with Crippen LogP contribution in [0.1, 0.15) is 50.0 Å². The zero-order valence-electron chi connectivity index (χ0n) is 9.42. The Kier molecular flexibility index (Phi) is 2.15. The van der Waals surface area contributed by atoms with Gasteiger partial charge >= 0.3 is 0 Å². The Hall–Kier alpha value is -0.820. The quantitative estimate of drug-likeness (QED) is 0.656. The first-order chi connectivity index (χ1) is 6.54. The average Bonchev–Trinajstić information content (AvgIpc) is 2.37. The molecule has 0 amide bonds. The Morgan fingerprint density at radius 2 is 2.07 bits per heavy atom. The van der Waals surface area contributed by atoms with Gasteiger partial charge in [-0.25, -0.2) is 0 Å². The van der Waals surface area contributed by atoms with Gasteiger partial charge in [0.25, 0.3) is 0 Å². The maximum atomic E-state index is 6.02. The van der Waals surface area contributed by atoms with Gasteiger partial charge in [0.1, 0.15) is 0 Å². The number of aryl methyl sites for hydroxylation is 1. The second kappa shape index (κ2) is 3.09. The summed E-state index contributed by atoms with van der Waals surface area (Å²) in [5, 5.41) is 0. The summed E-state index contributed by atoms with van der Waals surface area (Å²) in [5.41, 5.74) is 3.96. The smallest absolute Gasteiger partial charge is 0.0887 e. The Morgan fingerprint density at radius 1 is 1.36 bits per heavy atom. The summed E-state index contributed by atoms with van der Waals surface area (Å²) in [5.74, 6) is 0. The molecule has 1 aliphatic rings. The van der Waals surface area contributed by atoms with Crippen molar-refractivity contribution in [1.29, 1.82) is 0 Å². The lowest BCUT2D eigenvalue weighted by molar-refractivity contribution is -0.0532. The standard InChI is InChI=1S/C13H18O/c1-5-12-10-8-9(2)6-7-11(10)13(3,4)14-12/h6-8,12H,5H2,1-4H3. The van der Waals surface area contributed by atoms with E-state index < -0.39 is 0 Å². The van der Waals surface area contributed by atoms with Crippen molar-refractivity contribution in [2.24, 2.45) is 0 Å². The first-order valence-electron chi connectivity index (χ1n) is 5.33. The van der Waals surface area contributed by atoms with Crippen molar-refractivity contribution in [2.45, 2.75) is 45.8 Å². The SMILES string of the molecule is CCC1OC(C)(C)c2ccc(C)cc21. The topological polar surface area (TPSA) is 9.23 Å². The van der Waals surface area contributed by atoms with Crippen LogP contribution in [0.2, 0.25) is 0 Å². The predicted octanol–water partition coefficient (Wildman–Crippen LogP) is 3.71. The highest BCUT2D eigenvalue weighted by molar-refractivity contribution is 5.39. The van der Waals surface area contributed by atoms with Gasteiger partial charge in [0.05, 0.1) is 11.7 Å². The van der Waals surface area contributed by atoms with E-state index in [1.54, 1.807) is 0 Å². The monoisotopic (exact) mass is 190 g/mol. The van der Waals surface area contributed by atoms with E-state index in [1.807, 2.05) is 0 Å². The Labute approximate surface area is 86.1 Å². The fraction of sp³-hybridized carbons (Fsp3) is 0.538. The van der Waals surface area contributed by atoms with E-state index in [0.717, 1.165) is 6.42 Å². The summed E-state index contributed by atoms with van der Waals surface area (Å²) in [6.07, 6.45) is 1.35. The molecule has 14 heavy (non-hydrogen) atoms. The average molecular weight is 190 g/mol. The summed E-state index contributed by atoms with van der Waals surface area (Å²) < 4.78 is 6.02. The molecule has 1 unspecified atom stereocenters. The molecule has 0 aliphatic carbocycles. The molecule has 1 aliphatic heterocycles. The number of fused-ring (bicyclic) bond motifs is 1. The van der Waals surface area contributed by atoms with Crippen molar-refractivity contribution in [2.75, 3.05) is 0 Å². The van der Waals surface area contributed by atoms with Gasteiger partial charge in [-0.1, -0.05) is 30.7 Å². The molecule has 0 radical (unpaired) electrons. The van der Waals surface area contributed by atoms with Crippen LogP contribution in [0.25, 0.3) is 0 Å². The summed E-state index contributed by atoms with van der Waals surface area (Å²) in [4.78, 5) is 0. The van der Waals surface area contributed by atoms with E-state index in [4.69, 9.17) is 4.74 Å². The van der Waals surface area contributed by atoms with Crippen molar-refractivity contribution >= 4 is 0 Å². The van der Waals surface area contributed by atoms with E-state index in [1.165, 1.54) is 16.7 Å². The fourth-order valence-electron chi connectivity index (χ4n) is 2.28. The number of hydrogen-bond donors (Lipinski definition) is 0. The third-order valence-electron chi connectivity index (χ3n) is 3.01. The number of benzene rings is 1. The van der Waals surface area contributed by atoms with Crippen molar-refractivity contribution < 1.29 is 4.74 Å². The fourth-order valence-corrected chi connectivity index (χ4v) is 2.28. The normalized spacial score (nSPS) is 23.6. The third-order valence-corrected chi connectivity index (χ3v) is 3.01. The Balaban J connectivity index is 2.54. The van der Waals surface area contributed by atoms with Crippen LogP contribution >= 0.6 is 0 Å². The van der Waals surface area contributed by atoms with Crippen molar-refractivity contribution in [3.8, 4) is 0 Å². The van der Waals surface area contributed by atoms with E-state index >= 15 is 0 Å². The second-order valence-corrected chi connectivity index (χ2v) is 4.62. The molecule has 76 valence electrons. The predicted molar refractivity (Wildman–Crippen MR) is 58.3 cm³/mol. The highest BCUT2D eigenvalue weighted by Crippen LogP contribution is 2.44. The number of rotatable bonds is 1. The van der Waals surface area contributed by atoms with Crippen LogP contribution < -0.4 is 0 Å². The van der Waals surface area contributed by atoms with Gasteiger partial charge in [-0.05, 0) is 38.3 Å². The minimum Gasteiger partial charge on any atom is -0.363 e. The molecule has 1 heteroatoms. The van der Waals surface area contributed by atoms with E-state index in [-0.39, 0.29) is 5.60 Å². The molecule has 0 saturated heterocycles. The summed E-state index contributed by atoms with van der Waals surface area (Å²) >= 11 is 0. The van der Waals surface area contributed by atoms with Crippen LogP contribution in [-0.4, -0.2) is 0 Å². The molecule has 2 rings (SSSR count). The molecule has 0 saturated carbocycles. The van der Waals surface area contributed by atoms with Crippen LogP contribution in [0.3, 0.4) is 0 Å². The summed E-state index contributed by atoms with van der Waals surface area (Å²) in [7, 11) is 0. The summed E-state index contributed by atoms with van der Waals surface area (Å²) in [6.45, 7) is 8.62. The lowest BCUT2D eigenvalue weighted by Crippen LogP contribution is -2.15. The molecule has 0 bridgehead atoms. The first-order valence-corrected chi connectivity index (χ1v) is 5.33. The number of ether oxygens (including phenoxy) is 1. The molecule has 1 aromatic rings. The van der Waals surface area contributed by atoms with Crippen molar-refractivity contribution in [3.63, 3.8) is 0 Å². The second-order valence-electron chi connectivity index (χ2n) is 4.62. The van der Waals surface area contributed by atoms with Crippen LogP contribution in [0, 0.1) is 6.92 Å². The zero-order valence-corrected chi connectivity index (χ0v) is 9.42. The van der Waals surface area contributed by atoms with Gasteiger partial charge in [0.15, 0.2) is 0 Å². The van der Waals surface area contributed by atoms with Crippen LogP contribution in [-0.2, 0) is 10.3 Å². The van der Waals surface area contributed by atoms with E-state index in [2.05, 4.69) is 45.9 Å². The molecule has 0 aromatic heterocycles. The minimum absolute atomic E-state index is 0.107. The van der Waals surface area contributed by atoms with E-state index in [0.29, 0.717) is 6.10 Å². The lowest BCUT2D eigenvalue weighted by atomic mass is 9.93.